The van der Waals surface area contributed by atoms with Crippen molar-refractivity contribution in [2.45, 2.75) is 30.6 Å². The second-order valence-corrected chi connectivity index (χ2v) is 8.66. The molecule has 2 aromatic carbocycles. The maximum Gasteiger partial charge on any atom is 0.0130 e. The van der Waals surface area contributed by atoms with Crippen molar-refractivity contribution < 1.29 is 0 Å². The van der Waals surface area contributed by atoms with E-state index in [2.05, 4.69) is 93.7 Å². The Labute approximate surface area is 147 Å². The molecule has 0 aliphatic heterocycles. The molecule has 0 amide bonds. The van der Waals surface area contributed by atoms with Gasteiger partial charge < -0.3 is 0 Å². The van der Waals surface area contributed by atoms with Crippen LogP contribution >= 0.6 is 45.2 Å². The van der Waals surface area contributed by atoms with Crippen LogP contribution in [0.25, 0.3) is 0 Å². The van der Waals surface area contributed by atoms with E-state index in [9.17, 15) is 0 Å². The molecule has 3 unspecified atom stereocenters. The third-order valence-electron chi connectivity index (χ3n) is 5.40. The van der Waals surface area contributed by atoms with E-state index in [0.29, 0.717) is 5.41 Å². The fraction of sp³-hybridized carbons (Fsp3) is 0.333. The zero-order valence-electron chi connectivity index (χ0n) is 11.2. The van der Waals surface area contributed by atoms with Crippen molar-refractivity contribution in [1.29, 1.82) is 0 Å². The highest BCUT2D eigenvalue weighted by atomic mass is 127. The first-order chi connectivity index (χ1) is 9.69. The highest BCUT2D eigenvalue weighted by Crippen LogP contribution is 2.68. The first-order valence-corrected chi connectivity index (χ1v) is 9.36. The van der Waals surface area contributed by atoms with Gasteiger partial charge in [-0.05, 0) is 117 Å². The summed E-state index contributed by atoms with van der Waals surface area (Å²) in [6.45, 7) is 0. The molecule has 0 spiro atoms. The lowest BCUT2D eigenvalue weighted by Crippen LogP contribution is -2.57. The average molecular weight is 486 g/mol. The molecular formula is C18H16I2. The molecule has 3 atom stereocenters. The molecule has 102 valence electrons. The van der Waals surface area contributed by atoms with E-state index < -0.39 is 0 Å². The second kappa shape index (κ2) is 4.97. The van der Waals surface area contributed by atoms with E-state index in [-0.39, 0.29) is 0 Å². The first kappa shape index (κ1) is 13.6. The molecule has 2 heteroatoms. The zero-order chi connectivity index (χ0) is 13.7. The maximum atomic E-state index is 2.39. The Morgan fingerprint density at radius 3 is 1.95 bits per heavy atom. The Morgan fingerprint density at radius 2 is 1.45 bits per heavy atom. The minimum atomic E-state index is 0.512. The molecule has 0 nitrogen and oxygen atoms in total. The SMILES string of the molecule is Ic1ccc(C2CC3(c4ccc(I)cc4)CCC23)cc1. The highest BCUT2D eigenvalue weighted by molar-refractivity contribution is 14.1. The predicted octanol–water partition coefficient (Wildman–Crippen LogP) is 5.73. The van der Waals surface area contributed by atoms with Crippen molar-refractivity contribution >= 4 is 45.2 Å². The van der Waals surface area contributed by atoms with Gasteiger partial charge in [0.15, 0.2) is 0 Å². The lowest BCUT2D eigenvalue weighted by atomic mass is 9.40. The fourth-order valence-electron chi connectivity index (χ4n) is 4.19. The Hall–Kier alpha value is -0.100. The van der Waals surface area contributed by atoms with Crippen molar-refractivity contribution in [3.8, 4) is 0 Å². The van der Waals surface area contributed by atoms with Crippen molar-refractivity contribution in [2.75, 3.05) is 0 Å². The Balaban J connectivity index is 1.60. The summed E-state index contributed by atoms with van der Waals surface area (Å²) >= 11 is 4.78. The van der Waals surface area contributed by atoms with Crippen LogP contribution in [0.5, 0.6) is 0 Å². The van der Waals surface area contributed by atoms with E-state index in [1.807, 2.05) is 0 Å². The molecule has 0 saturated heterocycles. The molecule has 2 aliphatic rings. The molecule has 0 N–H and O–H groups in total. The van der Waals surface area contributed by atoms with Crippen LogP contribution in [0.1, 0.15) is 36.3 Å². The summed E-state index contributed by atoms with van der Waals surface area (Å²) in [7, 11) is 0. The lowest BCUT2D eigenvalue weighted by molar-refractivity contribution is -0.0235. The van der Waals surface area contributed by atoms with Crippen molar-refractivity contribution in [3.05, 3.63) is 66.8 Å². The second-order valence-electron chi connectivity index (χ2n) is 6.17. The van der Waals surface area contributed by atoms with Crippen LogP contribution in [0.15, 0.2) is 48.5 Å². The van der Waals surface area contributed by atoms with Gasteiger partial charge in [0.25, 0.3) is 0 Å². The number of benzene rings is 2. The summed E-state index contributed by atoms with van der Waals surface area (Å²) in [6, 6.07) is 18.4. The van der Waals surface area contributed by atoms with Gasteiger partial charge in [-0.25, -0.2) is 0 Å². The summed E-state index contributed by atoms with van der Waals surface area (Å²) in [6.07, 6.45) is 4.14. The minimum Gasteiger partial charge on any atom is -0.0577 e. The Bertz CT molecular complexity index is 629. The molecule has 0 bridgehead atoms. The molecule has 2 fully saturated rings. The molecule has 0 radical (unpaired) electrons. The molecule has 0 aromatic heterocycles. The van der Waals surface area contributed by atoms with E-state index >= 15 is 0 Å². The number of hydrogen-bond donors (Lipinski definition) is 0. The molecule has 2 aromatic rings. The summed E-state index contributed by atoms with van der Waals surface area (Å²) < 4.78 is 2.68. The summed E-state index contributed by atoms with van der Waals surface area (Å²) in [4.78, 5) is 0. The summed E-state index contributed by atoms with van der Waals surface area (Å²) in [5, 5.41) is 0. The van der Waals surface area contributed by atoms with Crippen molar-refractivity contribution in [1.82, 2.24) is 0 Å². The first-order valence-electron chi connectivity index (χ1n) is 7.20. The molecule has 2 saturated carbocycles. The monoisotopic (exact) mass is 486 g/mol. The Morgan fingerprint density at radius 1 is 0.850 bits per heavy atom. The number of fused-ring (bicyclic) bond motifs is 1. The normalized spacial score (nSPS) is 31.1. The van der Waals surface area contributed by atoms with Crippen LogP contribution in [0.3, 0.4) is 0 Å². The molecular weight excluding hydrogens is 470 g/mol. The van der Waals surface area contributed by atoms with Gasteiger partial charge in [-0.3, -0.25) is 0 Å². The van der Waals surface area contributed by atoms with Gasteiger partial charge in [-0.15, -0.1) is 0 Å². The summed E-state index contributed by atoms with van der Waals surface area (Å²) in [5.41, 5.74) is 3.64. The molecule has 4 rings (SSSR count). The minimum absolute atomic E-state index is 0.512. The van der Waals surface area contributed by atoms with Crippen LogP contribution in [0, 0.1) is 13.1 Å². The average Bonchev–Trinajstić information content (AvgIpc) is 2.44. The maximum absolute atomic E-state index is 2.39. The van der Waals surface area contributed by atoms with Gasteiger partial charge in [-0.1, -0.05) is 24.3 Å². The molecule has 2 aliphatic carbocycles. The Kier molecular flexibility index (Phi) is 3.37. The van der Waals surface area contributed by atoms with Gasteiger partial charge in [0.05, 0.1) is 0 Å². The number of hydrogen-bond acceptors (Lipinski definition) is 0. The molecule has 0 heterocycles. The highest BCUT2D eigenvalue weighted by Gasteiger charge is 2.60. The van der Waals surface area contributed by atoms with E-state index in [4.69, 9.17) is 0 Å². The van der Waals surface area contributed by atoms with Crippen LogP contribution in [-0.4, -0.2) is 0 Å². The van der Waals surface area contributed by atoms with E-state index in [1.165, 1.54) is 26.4 Å². The van der Waals surface area contributed by atoms with Gasteiger partial charge in [0, 0.05) is 7.14 Å². The van der Waals surface area contributed by atoms with Crippen LogP contribution < -0.4 is 0 Å². The van der Waals surface area contributed by atoms with E-state index in [0.717, 1.165) is 11.8 Å². The number of rotatable bonds is 2. The molecule has 20 heavy (non-hydrogen) atoms. The van der Waals surface area contributed by atoms with Gasteiger partial charge in [-0.2, -0.15) is 0 Å². The quantitative estimate of drug-likeness (QED) is 0.476. The number of halogens is 2. The zero-order valence-corrected chi connectivity index (χ0v) is 15.5. The fourth-order valence-corrected chi connectivity index (χ4v) is 4.91. The third kappa shape index (κ3) is 1.97. The predicted molar refractivity (Wildman–Crippen MR) is 100 cm³/mol. The smallest absolute Gasteiger partial charge is 0.0130 e. The summed E-state index contributed by atoms with van der Waals surface area (Å²) in [5.74, 6) is 1.67. The topological polar surface area (TPSA) is 0 Å². The largest absolute Gasteiger partial charge is 0.0577 e. The standard InChI is InChI=1S/C18H16I2/c19-14-5-1-12(2-6-14)16-11-18(10-9-17(16)18)13-3-7-15(20)8-4-13/h1-8,16-17H,9-11H2. The van der Waals surface area contributed by atoms with Gasteiger partial charge in [0.2, 0.25) is 0 Å². The van der Waals surface area contributed by atoms with Gasteiger partial charge in [0.1, 0.15) is 0 Å². The van der Waals surface area contributed by atoms with Crippen molar-refractivity contribution in [3.63, 3.8) is 0 Å². The van der Waals surface area contributed by atoms with Gasteiger partial charge >= 0.3 is 0 Å². The van der Waals surface area contributed by atoms with Crippen molar-refractivity contribution in [2.24, 2.45) is 5.92 Å². The third-order valence-corrected chi connectivity index (χ3v) is 6.84. The van der Waals surface area contributed by atoms with Crippen LogP contribution in [-0.2, 0) is 5.41 Å². The van der Waals surface area contributed by atoms with Crippen LogP contribution in [0.2, 0.25) is 0 Å². The van der Waals surface area contributed by atoms with E-state index in [1.54, 1.807) is 11.1 Å². The van der Waals surface area contributed by atoms with Crippen LogP contribution in [0.4, 0.5) is 0 Å². The lowest BCUT2D eigenvalue weighted by Gasteiger charge is -2.64.